The van der Waals surface area contributed by atoms with Gasteiger partial charge in [0.25, 0.3) is 0 Å². The van der Waals surface area contributed by atoms with Crippen LogP contribution in [0.25, 0.3) is 10.8 Å². The fraction of sp³-hybridized carbons (Fsp3) is 0.263. The number of hydrogen-bond acceptors (Lipinski definition) is 3. The van der Waals surface area contributed by atoms with Gasteiger partial charge in [-0.15, -0.1) is 0 Å². The Morgan fingerprint density at radius 2 is 1.92 bits per heavy atom. The average molecular weight is 336 g/mol. The third-order valence-corrected chi connectivity index (χ3v) is 4.51. The standard InChI is InChI=1S/C19H20N4O2/c1-23-16(12-7-8-12)11-18(22-23)21-19(24)20-15-9-10-17(25-2)14-6-4-3-5-13(14)15/h3-6,9-12H,7-8H2,1-2H3,(H2,20,21,22,24). The normalized spacial score (nSPS) is 13.7. The quantitative estimate of drug-likeness (QED) is 0.753. The van der Waals surface area contributed by atoms with E-state index in [1.807, 2.05) is 54.2 Å². The second-order valence-electron chi connectivity index (χ2n) is 6.29. The molecule has 0 bridgehead atoms. The van der Waals surface area contributed by atoms with Crippen molar-refractivity contribution in [2.75, 3.05) is 17.7 Å². The predicted molar refractivity (Wildman–Crippen MR) is 98.3 cm³/mol. The number of hydrogen-bond donors (Lipinski definition) is 2. The van der Waals surface area contributed by atoms with Crippen molar-refractivity contribution in [3.8, 4) is 5.75 Å². The Bertz CT molecular complexity index is 944. The number of carbonyl (C=O) groups excluding carboxylic acids is 1. The van der Waals surface area contributed by atoms with Crippen molar-refractivity contribution in [3.63, 3.8) is 0 Å². The summed E-state index contributed by atoms with van der Waals surface area (Å²) in [6.07, 6.45) is 2.39. The van der Waals surface area contributed by atoms with Crippen molar-refractivity contribution in [1.82, 2.24) is 9.78 Å². The van der Waals surface area contributed by atoms with Gasteiger partial charge in [-0.1, -0.05) is 24.3 Å². The molecule has 2 aromatic carbocycles. The van der Waals surface area contributed by atoms with E-state index in [4.69, 9.17) is 4.74 Å². The summed E-state index contributed by atoms with van der Waals surface area (Å²) in [5.74, 6) is 1.93. The van der Waals surface area contributed by atoms with Gasteiger partial charge >= 0.3 is 6.03 Å². The van der Waals surface area contributed by atoms with E-state index in [1.54, 1.807) is 7.11 Å². The maximum Gasteiger partial charge on any atom is 0.324 e. The Kier molecular flexibility index (Phi) is 3.80. The third-order valence-electron chi connectivity index (χ3n) is 4.51. The van der Waals surface area contributed by atoms with Crippen LogP contribution in [0.15, 0.2) is 42.5 Å². The second-order valence-corrected chi connectivity index (χ2v) is 6.29. The molecule has 128 valence electrons. The Hall–Kier alpha value is -3.02. The van der Waals surface area contributed by atoms with E-state index < -0.39 is 0 Å². The molecule has 0 spiro atoms. The van der Waals surface area contributed by atoms with Crippen LogP contribution in [0, 0.1) is 0 Å². The summed E-state index contributed by atoms with van der Waals surface area (Å²) in [6.45, 7) is 0. The molecular weight excluding hydrogens is 316 g/mol. The molecule has 6 heteroatoms. The van der Waals surface area contributed by atoms with Gasteiger partial charge in [0, 0.05) is 35.5 Å². The molecule has 2 amide bonds. The van der Waals surface area contributed by atoms with Crippen LogP contribution in [0.1, 0.15) is 24.5 Å². The molecule has 1 heterocycles. The molecule has 0 aliphatic heterocycles. The number of nitrogens with zero attached hydrogens (tertiary/aromatic N) is 2. The van der Waals surface area contributed by atoms with Crippen LogP contribution >= 0.6 is 0 Å². The molecule has 1 aromatic heterocycles. The largest absolute Gasteiger partial charge is 0.496 e. The molecule has 0 saturated heterocycles. The number of amides is 2. The summed E-state index contributed by atoms with van der Waals surface area (Å²) in [5.41, 5.74) is 1.90. The van der Waals surface area contributed by atoms with Crippen molar-refractivity contribution in [2.45, 2.75) is 18.8 Å². The summed E-state index contributed by atoms with van der Waals surface area (Å²) in [7, 11) is 3.55. The van der Waals surface area contributed by atoms with Crippen LogP contribution in [-0.2, 0) is 7.05 Å². The number of methoxy groups -OCH3 is 1. The number of ether oxygens (including phenoxy) is 1. The monoisotopic (exact) mass is 336 g/mol. The number of fused-ring (bicyclic) bond motifs is 1. The zero-order chi connectivity index (χ0) is 17.4. The van der Waals surface area contributed by atoms with Gasteiger partial charge in [-0.3, -0.25) is 10.00 Å². The van der Waals surface area contributed by atoms with Gasteiger partial charge in [0.1, 0.15) is 5.75 Å². The lowest BCUT2D eigenvalue weighted by atomic mass is 10.1. The number of aromatic nitrogens is 2. The molecule has 6 nitrogen and oxygen atoms in total. The molecule has 0 atom stereocenters. The highest BCUT2D eigenvalue weighted by atomic mass is 16.5. The number of nitrogens with one attached hydrogen (secondary N) is 2. The van der Waals surface area contributed by atoms with Gasteiger partial charge in [-0.25, -0.2) is 4.79 Å². The van der Waals surface area contributed by atoms with Crippen LogP contribution in [0.2, 0.25) is 0 Å². The highest BCUT2D eigenvalue weighted by molar-refractivity contribution is 6.07. The van der Waals surface area contributed by atoms with E-state index in [0.717, 1.165) is 22.2 Å². The van der Waals surface area contributed by atoms with Gasteiger partial charge in [-0.05, 0) is 25.0 Å². The Morgan fingerprint density at radius 1 is 1.16 bits per heavy atom. The molecule has 4 rings (SSSR count). The van der Waals surface area contributed by atoms with E-state index in [1.165, 1.54) is 18.5 Å². The number of benzene rings is 2. The van der Waals surface area contributed by atoms with Crippen LogP contribution in [0.5, 0.6) is 5.75 Å². The van der Waals surface area contributed by atoms with Gasteiger partial charge in [0.2, 0.25) is 0 Å². The summed E-state index contributed by atoms with van der Waals surface area (Å²) in [6, 6.07) is 13.1. The smallest absolute Gasteiger partial charge is 0.324 e. The molecule has 1 saturated carbocycles. The highest BCUT2D eigenvalue weighted by Gasteiger charge is 2.27. The maximum absolute atomic E-state index is 12.4. The fourth-order valence-electron chi connectivity index (χ4n) is 3.13. The third kappa shape index (κ3) is 3.03. The number of aryl methyl sites for hydroxylation is 1. The molecule has 25 heavy (non-hydrogen) atoms. The minimum Gasteiger partial charge on any atom is -0.496 e. The molecule has 1 aliphatic carbocycles. The minimum atomic E-state index is -0.309. The van der Waals surface area contributed by atoms with Crippen LogP contribution in [0.3, 0.4) is 0 Å². The molecule has 0 unspecified atom stereocenters. The highest BCUT2D eigenvalue weighted by Crippen LogP contribution is 2.40. The number of anilines is 2. The first-order valence-corrected chi connectivity index (χ1v) is 8.33. The summed E-state index contributed by atoms with van der Waals surface area (Å²) in [4.78, 5) is 12.4. The predicted octanol–water partition coefficient (Wildman–Crippen LogP) is 4.10. The molecule has 1 fully saturated rings. The van der Waals surface area contributed by atoms with Crippen LogP contribution in [0.4, 0.5) is 16.3 Å². The van der Waals surface area contributed by atoms with Gasteiger partial charge < -0.3 is 10.1 Å². The van der Waals surface area contributed by atoms with E-state index in [0.29, 0.717) is 11.7 Å². The van der Waals surface area contributed by atoms with E-state index in [-0.39, 0.29) is 6.03 Å². The topological polar surface area (TPSA) is 68.2 Å². The first kappa shape index (κ1) is 15.5. The Labute approximate surface area is 145 Å². The molecule has 1 aliphatic rings. The van der Waals surface area contributed by atoms with Gasteiger partial charge in [0.05, 0.1) is 12.8 Å². The van der Waals surface area contributed by atoms with Crippen LogP contribution < -0.4 is 15.4 Å². The molecule has 3 aromatic rings. The average Bonchev–Trinajstić information content (AvgIpc) is 3.39. The summed E-state index contributed by atoms with van der Waals surface area (Å²) in [5, 5.41) is 12.0. The van der Waals surface area contributed by atoms with Crippen molar-refractivity contribution < 1.29 is 9.53 Å². The molecule has 0 radical (unpaired) electrons. The first-order chi connectivity index (χ1) is 12.2. The van der Waals surface area contributed by atoms with Crippen molar-refractivity contribution in [1.29, 1.82) is 0 Å². The van der Waals surface area contributed by atoms with Crippen molar-refractivity contribution in [3.05, 3.63) is 48.2 Å². The lowest BCUT2D eigenvalue weighted by Crippen LogP contribution is -2.20. The van der Waals surface area contributed by atoms with Crippen LogP contribution in [-0.4, -0.2) is 22.9 Å². The summed E-state index contributed by atoms with van der Waals surface area (Å²) >= 11 is 0. The van der Waals surface area contributed by atoms with Gasteiger partial charge in [0.15, 0.2) is 5.82 Å². The van der Waals surface area contributed by atoms with E-state index in [2.05, 4.69) is 15.7 Å². The fourth-order valence-corrected chi connectivity index (χ4v) is 3.13. The Balaban J connectivity index is 1.55. The molecule has 2 N–H and O–H groups in total. The second kappa shape index (κ2) is 6.12. The lowest BCUT2D eigenvalue weighted by molar-refractivity contribution is 0.262. The SMILES string of the molecule is COc1ccc(NC(=O)Nc2cc(C3CC3)n(C)n2)c2ccccc12. The van der Waals surface area contributed by atoms with E-state index >= 15 is 0 Å². The van der Waals surface area contributed by atoms with Crippen molar-refractivity contribution in [2.24, 2.45) is 7.05 Å². The number of carbonyl (C=O) groups is 1. The lowest BCUT2D eigenvalue weighted by Gasteiger charge is -2.11. The zero-order valence-corrected chi connectivity index (χ0v) is 14.2. The van der Waals surface area contributed by atoms with Gasteiger partial charge in [-0.2, -0.15) is 5.10 Å². The summed E-state index contributed by atoms with van der Waals surface area (Å²) < 4.78 is 7.23. The zero-order valence-electron chi connectivity index (χ0n) is 14.2. The van der Waals surface area contributed by atoms with Crippen molar-refractivity contribution >= 4 is 28.3 Å². The van der Waals surface area contributed by atoms with E-state index in [9.17, 15) is 4.79 Å². The first-order valence-electron chi connectivity index (χ1n) is 8.33. The Morgan fingerprint density at radius 3 is 2.64 bits per heavy atom. The molecular formula is C19H20N4O2. The minimum absolute atomic E-state index is 0.309. The maximum atomic E-state index is 12.4. The number of rotatable bonds is 4. The number of urea groups is 1.